The number of thiazole rings is 1. The van der Waals surface area contributed by atoms with Gasteiger partial charge in [0.25, 0.3) is 5.91 Å². The molecule has 118 valence electrons. The van der Waals surface area contributed by atoms with Gasteiger partial charge in [0.2, 0.25) is 5.91 Å². The normalized spacial score (nSPS) is 10.6. The molecule has 2 heterocycles. The first-order valence-corrected chi connectivity index (χ1v) is 9.51. The molecule has 2 amide bonds. The van der Waals surface area contributed by atoms with E-state index in [0.29, 0.717) is 17.1 Å². The number of aromatic nitrogens is 1. The van der Waals surface area contributed by atoms with Gasteiger partial charge in [0.15, 0.2) is 4.34 Å². The van der Waals surface area contributed by atoms with Crippen LogP contribution in [0.1, 0.15) is 16.1 Å². The molecule has 5 nitrogen and oxygen atoms in total. The van der Waals surface area contributed by atoms with Gasteiger partial charge in [-0.15, -0.1) is 22.7 Å². The smallest absolute Gasteiger partial charge is 0.273 e. The Kier molecular flexibility index (Phi) is 5.27. The van der Waals surface area contributed by atoms with E-state index in [-0.39, 0.29) is 11.8 Å². The number of benzene rings is 1. The fourth-order valence-electron chi connectivity index (χ4n) is 1.80. The van der Waals surface area contributed by atoms with Crippen LogP contribution in [-0.4, -0.2) is 22.6 Å². The van der Waals surface area contributed by atoms with E-state index in [0.717, 1.165) is 14.6 Å². The fourth-order valence-corrected chi connectivity index (χ4v) is 4.50. The number of para-hydroxylation sites is 1. The molecule has 3 rings (SSSR count). The second-order valence-electron chi connectivity index (χ2n) is 4.53. The molecule has 2 N–H and O–H groups in total. The highest BCUT2D eigenvalue weighted by atomic mass is 32.2. The van der Waals surface area contributed by atoms with Gasteiger partial charge in [-0.25, -0.2) is 4.98 Å². The van der Waals surface area contributed by atoms with Crippen LogP contribution in [0.15, 0.2) is 46.1 Å². The van der Waals surface area contributed by atoms with Crippen molar-refractivity contribution in [3.63, 3.8) is 0 Å². The number of carbonyl (C=O) groups excluding carboxylic acids is 2. The summed E-state index contributed by atoms with van der Waals surface area (Å²) in [6, 6.07) is 11.4. The van der Waals surface area contributed by atoms with Gasteiger partial charge in [-0.3, -0.25) is 20.4 Å². The number of amides is 2. The summed E-state index contributed by atoms with van der Waals surface area (Å²) < 4.78 is 2.09. The Hall–Kier alpha value is -1.90. The third-order valence-corrected chi connectivity index (χ3v) is 5.94. The molecule has 3 aromatic rings. The van der Waals surface area contributed by atoms with E-state index in [4.69, 9.17) is 0 Å². The molecule has 0 aliphatic rings. The lowest BCUT2D eigenvalue weighted by Gasteiger charge is -2.05. The zero-order valence-electron chi connectivity index (χ0n) is 11.9. The highest BCUT2D eigenvalue weighted by Gasteiger charge is 2.09. The lowest BCUT2D eigenvalue weighted by molar-refractivity contribution is -0.121. The number of nitrogens with one attached hydrogen (secondary N) is 2. The standard InChI is InChI=1S/C15H13N3O2S3/c19-13(17-18-14(20)12-6-3-8-21-12)7-9-22-15-16-10-4-1-2-5-11(10)23-15/h1-6,8H,7,9H2,(H,17,19)(H,18,20). The first-order chi connectivity index (χ1) is 11.2. The molecule has 0 aliphatic carbocycles. The number of rotatable bonds is 5. The average molecular weight is 363 g/mol. The van der Waals surface area contributed by atoms with Gasteiger partial charge < -0.3 is 0 Å². The van der Waals surface area contributed by atoms with E-state index in [1.54, 1.807) is 35.2 Å². The molecular weight excluding hydrogens is 350 g/mol. The molecule has 0 fully saturated rings. The van der Waals surface area contributed by atoms with Crippen LogP contribution in [0.5, 0.6) is 0 Å². The molecule has 2 aromatic heterocycles. The maximum absolute atomic E-state index is 11.7. The summed E-state index contributed by atoms with van der Waals surface area (Å²) >= 11 is 4.49. The zero-order valence-corrected chi connectivity index (χ0v) is 14.4. The first kappa shape index (κ1) is 16.0. The fraction of sp³-hybridized carbons (Fsp3) is 0.133. The van der Waals surface area contributed by atoms with E-state index in [9.17, 15) is 9.59 Å². The van der Waals surface area contributed by atoms with Crippen molar-refractivity contribution >= 4 is 56.5 Å². The van der Waals surface area contributed by atoms with Gasteiger partial charge in [-0.2, -0.15) is 0 Å². The summed E-state index contributed by atoms with van der Waals surface area (Å²) in [6.07, 6.45) is 0.311. The number of thioether (sulfide) groups is 1. The van der Waals surface area contributed by atoms with E-state index in [1.807, 2.05) is 29.6 Å². The van der Waals surface area contributed by atoms with Crippen molar-refractivity contribution in [2.75, 3.05) is 5.75 Å². The van der Waals surface area contributed by atoms with Crippen LogP contribution in [-0.2, 0) is 4.79 Å². The van der Waals surface area contributed by atoms with Crippen molar-refractivity contribution < 1.29 is 9.59 Å². The van der Waals surface area contributed by atoms with E-state index < -0.39 is 0 Å². The van der Waals surface area contributed by atoms with Gasteiger partial charge >= 0.3 is 0 Å². The van der Waals surface area contributed by atoms with Crippen molar-refractivity contribution in [2.24, 2.45) is 0 Å². The molecule has 0 radical (unpaired) electrons. The minimum absolute atomic E-state index is 0.219. The van der Waals surface area contributed by atoms with Crippen LogP contribution in [0.2, 0.25) is 0 Å². The Morgan fingerprint density at radius 2 is 2.00 bits per heavy atom. The van der Waals surface area contributed by atoms with Crippen LogP contribution in [0.3, 0.4) is 0 Å². The van der Waals surface area contributed by atoms with Gasteiger partial charge in [0.05, 0.1) is 15.1 Å². The molecule has 0 spiro atoms. The Morgan fingerprint density at radius 1 is 1.13 bits per heavy atom. The minimum Gasteiger partial charge on any atom is -0.273 e. The molecule has 0 bridgehead atoms. The van der Waals surface area contributed by atoms with Gasteiger partial charge in [-0.05, 0) is 23.6 Å². The molecule has 0 aliphatic heterocycles. The first-order valence-electron chi connectivity index (χ1n) is 6.83. The summed E-state index contributed by atoms with van der Waals surface area (Å²) in [5, 5.41) is 1.81. The molecular formula is C15H13N3O2S3. The van der Waals surface area contributed by atoms with Gasteiger partial charge in [-0.1, -0.05) is 30.0 Å². The minimum atomic E-state index is -0.299. The summed E-state index contributed by atoms with van der Waals surface area (Å²) in [5.41, 5.74) is 5.81. The number of thiophene rings is 1. The predicted molar refractivity (Wildman–Crippen MR) is 94.9 cm³/mol. The Labute approximate surface area is 145 Å². The maximum atomic E-state index is 11.7. The van der Waals surface area contributed by atoms with Crippen molar-refractivity contribution in [1.29, 1.82) is 0 Å². The number of nitrogens with zero attached hydrogens (tertiary/aromatic N) is 1. The lowest BCUT2D eigenvalue weighted by atomic mass is 10.3. The summed E-state index contributed by atoms with van der Waals surface area (Å²) in [4.78, 5) is 28.5. The lowest BCUT2D eigenvalue weighted by Crippen LogP contribution is -2.41. The number of fused-ring (bicyclic) bond motifs is 1. The van der Waals surface area contributed by atoms with Crippen molar-refractivity contribution in [3.8, 4) is 0 Å². The monoisotopic (exact) mass is 363 g/mol. The Morgan fingerprint density at radius 3 is 2.78 bits per heavy atom. The molecule has 0 atom stereocenters. The Bertz CT molecular complexity index is 781. The van der Waals surface area contributed by atoms with E-state index >= 15 is 0 Å². The Balaban J connectivity index is 1.41. The number of carbonyl (C=O) groups is 2. The van der Waals surface area contributed by atoms with Gasteiger partial charge in [0, 0.05) is 12.2 Å². The third kappa shape index (κ3) is 4.31. The van der Waals surface area contributed by atoms with Crippen LogP contribution in [0, 0.1) is 0 Å². The molecule has 0 saturated carbocycles. The number of hydrazine groups is 1. The highest BCUT2D eigenvalue weighted by molar-refractivity contribution is 8.01. The second-order valence-corrected chi connectivity index (χ2v) is 7.85. The van der Waals surface area contributed by atoms with Crippen molar-refractivity contribution in [3.05, 3.63) is 46.7 Å². The third-order valence-electron chi connectivity index (χ3n) is 2.89. The number of hydrogen-bond acceptors (Lipinski definition) is 6. The van der Waals surface area contributed by atoms with Crippen LogP contribution < -0.4 is 10.9 Å². The largest absolute Gasteiger partial charge is 0.279 e. The number of hydrogen-bond donors (Lipinski definition) is 2. The highest BCUT2D eigenvalue weighted by Crippen LogP contribution is 2.29. The predicted octanol–water partition coefficient (Wildman–Crippen LogP) is 3.30. The quantitative estimate of drug-likeness (QED) is 0.539. The van der Waals surface area contributed by atoms with Crippen molar-refractivity contribution in [1.82, 2.24) is 15.8 Å². The zero-order chi connectivity index (χ0) is 16.1. The van der Waals surface area contributed by atoms with E-state index in [2.05, 4.69) is 15.8 Å². The van der Waals surface area contributed by atoms with E-state index in [1.165, 1.54) is 11.3 Å². The molecule has 1 aromatic carbocycles. The molecule has 0 saturated heterocycles. The van der Waals surface area contributed by atoms with Crippen LogP contribution in [0.4, 0.5) is 0 Å². The SMILES string of the molecule is O=C(CCSc1nc2ccccc2s1)NNC(=O)c1cccs1. The maximum Gasteiger partial charge on any atom is 0.279 e. The summed E-state index contributed by atoms with van der Waals surface area (Å²) in [5.74, 6) is 0.0938. The van der Waals surface area contributed by atoms with Gasteiger partial charge in [0.1, 0.15) is 0 Å². The molecule has 0 unspecified atom stereocenters. The summed E-state index contributed by atoms with van der Waals surface area (Å²) in [6.45, 7) is 0. The van der Waals surface area contributed by atoms with Crippen LogP contribution in [0.25, 0.3) is 10.2 Å². The topological polar surface area (TPSA) is 71.1 Å². The van der Waals surface area contributed by atoms with Crippen LogP contribution >= 0.6 is 34.4 Å². The summed E-state index contributed by atoms with van der Waals surface area (Å²) in [7, 11) is 0. The average Bonchev–Trinajstić information content (AvgIpc) is 3.21. The molecule has 23 heavy (non-hydrogen) atoms. The van der Waals surface area contributed by atoms with Crippen molar-refractivity contribution in [2.45, 2.75) is 10.8 Å². The second kappa shape index (κ2) is 7.58. The molecule has 8 heteroatoms.